The second kappa shape index (κ2) is 9.19. The van der Waals surface area contributed by atoms with E-state index in [2.05, 4.69) is 5.32 Å². The van der Waals surface area contributed by atoms with Crippen LogP contribution in [0.2, 0.25) is 0 Å². The maximum absolute atomic E-state index is 13.5. The Kier molecular flexibility index (Phi) is 5.94. The largest absolute Gasteiger partial charge is 0.454 e. The van der Waals surface area contributed by atoms with E-state index >= 15 is 0 Å². The highest BCUT2D eigenvalue weighted by Gasteiger charge is 2.29. The molecule has 1 atom stereocenters. The first-order valence-electron chi connectivity index (χ1n) is 11.0. The van der Waals surface area contributed by atoms with E-state index in [-0.39, 0.29) is 25.0 Å². The predicted molar refractivity (Wildman–Crippen MR) is 133 cm³/mol. The molecule has 0 spiro atoms. The monoisotopic (exact) mass is 472 g/mol. The zero-order chi connectivity index (χ0) is 23.7. The summed E-state index contributed by atoms with van der Waals surface area (Å²) in [6, 6.07) is 22.2. The van der Waals surface area contributed by atoms with Crippen molar-refractivity contribution in [1.82, 2.24) is 4.90 Å². The minimum Gasteiger partial charge on any atom is -0.454 e. The van der Waals surface area contributed by atoms with E-state index in [4.69, 9.17) is 9.47 Å². The number of amides is 2. The van der Waals surface area contributed by atoms with Gasteiger partial charge in [-0.25, -0.2) is 0 Å². The molecule has 0 saturated heterocycles. The maximum atomic E-state index is 13.5. The topological polar surface area (TPSA) is 67.9 Å². The van der Waals surface area contributed by atoms with Crippen molar-refractivity contribution in [2.75, 3.05) is 19.2 Å². The molecule has 1 N–H and O–H groups in total. The van der Waals surface area contributed by atoms with Gasteiger partial charge in [0.05, 0.1) is 6.42 Å². The maximum Gasteiger partial charge on any atom is 0.251 e. The number of hydrogen-bond donors (Lipinski definition) is 1. The van der Waals surface area contributed by atoms with Crippen molar-refractivity contribution in [1.29, 1.82) is 0 Å². The van der Waals surface area contributed by atoms with Gasteiger partial charge in [0.15, 0.2) is 11.5 Å². The Labute approximate surface area is 201 Å². The van der Waals surface area contributed by atoms with Crippen molar-refractivity contribution in [2.24, 2.45) is 0 Å². The predicted octanol–water partition coefficient (Wildman–Crippen LogP) is 5.32. The average Bonchev–Trinajstić information content (AvgIpc) is 3.46. The highest BCUT2D eigenvalue weighted by molar-refractivity contribution is 7.19. The smallest absolute Gasteiger partial charge is 0.251 e. The molecule has 0 radical (unpaired) electrons. The van der Waals surface area contributed by atoms with E-state index in [1.54, 1.807) is 36.6 Å². The van der Waals surface area contributed by atoms with Crippen LogP contribution in [0.1, 0.15) is 22.0 Å². The lowest BCUT2D eigenvalue weighted by molar-refractivity contribution is -0.136. The Morgan fingerprint density at radius 2 is 1.76 bits per heavy atom. The molecule has 3 aromatic carbocycles. The summed E-state index contributed by atoms with van der Waals surface area (Å²) >= 11 is 1.60. The lowest BCUT2D eigenvalue weighted by Crippen LogP contribution is -2.39. The van der Waals surface area contributed by atoms with Crippen LogP contribution in [-0.2, 0) is 16.0 Å². The number of carbonyl (C=O) groups is 2. The van der Waals surface area contributed by atoms with E-state index in [9.17, 15) is 9.59 Å². The number of thiophene rings is 1. The van der Waals surface area contributed by atoms with E-state index < -0.39 is 6.04 Å². The van der Waals surface area contributed by atoms with Crippen molar-refractivity contribution < 1.29 is 19.1 Å². The Hall–Kier alpha value is -3.84. The van der Waals surface area contributed by atoms with Crippen LogP contribution in [0, 0.1) is 6.92 Å². The highest BCUT2D eigenvalue weighted by atomic mass is 32.1. The number of ether oxygens (including phenoxy) is 2. The minimum atomic E-state index is -0.784. The number of rotatable bonds is 6. The fraction of sp³-hybridized carbons (Fsp3) is 0.185. The quantitative estimate of drug-likeness (QED) is 0.412. The minimum absolute atomic E-state index is 0.127. The van der Waals surface area contributed by atoms with Gasteiger partial charge in [-0.05, 0) is 42.1 Å². The van der Waals surface area contributed by atoms with Gasteiger partial charge in [0, 0.05) is 28.4 Å². The number of aryl methyl sites for hydroxylation is 1. The first-order valence-corrected chi connectivity index (χ1v) is 11.8. The summed E-state index contributed by atoms with van der Waals surface area (Å²) in [4.78, 5) is 29.3. The summed E-state index contributed by atoms with van der Waals surface area (Å²) in [5.74, 6) is 0.801. The lowest BCUT2D eigenvalue weighted by atomic mass is 10.0. The SMILES string of the molecule is Cc1ccc(C(C(=O)Nc2ccc3c(c2)OCO3)N(C)C(=O)Cc2cc3ccccc3s2)cc1. The molecule has 0 saturated carbocycles. The van der Waals surface area contributed by atoms with Crippen LogP contribution in [0.3, 0.4) is 0 Å². The second-order valence-corrected chi connectivity index (χ2v) is 9.47. The summed E-state index contributed by atoms with van der Waals surface area (Å²) in [6.45, 7) is 2.15. The fourth-order valence-electron chi connectivity index (χ4n) is 4.03. The normalized spacial score (nSPS) is 13.0. The van der Waals surface area contributed by atoms with Gasteiger partial charge in [0.1, 0.15) is 6.04 Å². The van der Waals surface area contributed by atoms with Crippen molar-refractivity contribution in [3.8, 4) is 11.5 Å². The highest BCUT2D eigenvalue weighted by Crippen LogP contribution is 2.35. The molecule has 172 valence electrons. The number of anilines is 1. The Bertz CT molecular complexity index is 1330. The number of nitrogens with zero attached hydrogens (tertiary/aromatic N) is 1. The summed E-state index contributed by atoms with van der Waals surface area (Å²) in [7, 11) is 1.68. The number of benzene rings is 3. The number of nitrogens with one attached hydrogen (secondary N) is 1. The van der Waals surface area contributed by atoms with Gasteiger partial charge in [0.25, 0.3) is 5.91 Å². The molecular weight excluding hydrogens is 448 g/mol. The van der Waals surface area contributed by atoms with E-state index in [0.717, 1.165) is 26.1 Å². The lowest BCUT2D eigenvalue weighted by Gasteiger charge is -2.28. The summed E-state index contributed by atoms with van der Waals surface area (Å²) in [5, 5.41) is 4.06. The van der Waals surface area contributed by atoms with Gasteiger partial charge in [-0.3, -0.25) is 9.59 Å². The second-order valence-electron chi connectivity index (χ2n) is 8.30. The van der Waals surface area contributed by atoms with Crippen LogP contribution in [0.5, 0.6) is 11.5 Å². The molecule has 1 aliphatic rings. The zero-order valence-corrected chi connectivity index (χ0v) is 19.7. The fourth-order valence-corrected chi connectivity index (χ4v) is 5.08. The molecule has 4 aromatic rings. The van der Waals surface area contributed by atoms with Gasteiger partial charge in [0.2, 0.25) is 12.7 Å². The molecule has 0 fully saturated rings. The Balaban J connectivity index is 1.39. The Morgan fingerprint density at radius 3 is 2.56 bits per heavy atom. The standard InChI is InChI=1S/C27H24N2O4S/c1-17-7-9-18(10-8-17)26(27(31)28-20-11-12-22-23(14-20)33-16-32-22)29(2)25(30)15-21-13-19-5-3-4-6-24(19)34-21/h3-14,26H,15-16H2,1-2H3,(H,28,31). The van der Waals surface area contributed by atoms with E-state index in [0.29, 0.717) is 17.2 Å². The molecule has 5 rings (SSSR count). The van der Waals surface area contributed by atoms with Crippen molar-refractivity contribution in [3.05, 3.63) is 88.8 Å². The van der Waals surface area contributed by atoms with Crippen molar-refractivity contribution in [2.45, 2.75) is 19.4 Å². The first-order chi connectivity index (χ1) is 16.5. The van der Waals surface area contributed by atoms with Gasteiger partial charge in [-0.1, -0.05) is 48.0 Å². The molecule has 7 heteroatoms. The molecule has 1 aliphatic heterocycles. The van der Waals surface area contributed by atoms with E-state index in [1.165, 1.54) is 4.90 Å². The third kappa shape index (κ3) is 4.47. The molecule has 2 heterocycles. The van der Waals surface area contributed by atoms with Crippen LogP contribution in [-0.4, -0.2) is 30.6 Å². The van der Waals surface area contributed by atoms with Gasteiger partial charge < -0.3 is 19.7 Å². The van der Waals surface area contributed by atoms with Crippen LogP contribution < -0.4 is 14.8 Å². The molecule has 0 bridgehead atoms. The molecule has 2 amide bonds. The number of hydrogen-bond acceptors (Lipinski definition) is 5. The van der Waals surface area contributed by atoms with Crippen molar-refractivity contribution >= 4 is 38.9 Å². The molecule has 0 aliphatic carbocycles. The van der Waals surface area contributed by atoms with Crippen LogP contribution in [0.4, 0.5) is 5.69 Å². The third-order valence-electron chi connectivity index (χ3n) is 5.86. The summed E-state index contributed by atoms with van der Waals surface area (Å²) < 4.78 is 11.9. The molecule has 1 aromatic heterocycles. The summed E-state index contributed by atoms with van der Waals surface area (Å²) in [5.41, 5.74) is 2.41. The third-order valence-corrected chi connectivity index (χ3v) is 6.98. The molecule has 34 heavy (non-hydrogen) atoms. The van der Waals surface area contributed by atoms with Gasteiger partial charge >= 0.3 is 0 Å². The average molecular weight is 473 g/mol. The molecular formula is C27H24N2O4S. The number of likely N-dealkylation sites (N-methyl/N-ethyl adjacent to an activating group) is 1. The molecule has 6 nitrogen and oxygen atoms in total. The van der Waals surface area contributed by atoms with Crippen LogP contribution >= 0.6 is 11.3 Å². The first kappa shape index (κ1) is 22.0. The van der Waals surface area contributed by atoms with Gasteiger partial charge in [-0.2, -0.15) is 0 Å². The summed E-state index contributed by atoms with van der Waals surface area (Å²) in [6.07, 6.45) is 0.232. The van der Waals surface area contributed by atoms with Crippen LogP contribution in [0.15, 0.2) is 72.8 Å². The Morgan fingerprint density at radius 1 is 1.00 bits per heavy atom. The number of carbonyl (C=O) groups excluding carboxylic acids is 2. The molecule has 1 unspecified atom stereocenters. The van der Waals surface area contributed by atoms with Gasteiger partial charge in [-0.15, -0.1) is 11.3 Å². The zero-order valence-electron chi connectivity index (χ0n) is 18.9. The van der Waals surface area contributed by atoms with Crippen LogP contribution in [0.25, 0.3) is 10.1 Å². The van der Waals surface area contributed by atoms with E-state index in [1.807, 2.05) is 61.5 Å². The number of fused-ring (bicyclic) bond motifs is 2. The van der Waals surface area contributed by atoms with Crippen molar-refractivity contribution in [3.63, 3.8) is 0 Å².